The van der Waals surface area contributed by atoms with E-state index in [0.717, 1.165) is 39.0 Å². The molecule has 9 aromatic rings. The normalized spacial score (nSPS) is 14.6. The smallest absolute Gasteiger partial charge is 0.137 e. The van der Waals surface area contributed by atoms with Crippen LogP contribution >= 0.6 is 0 Å². The second-order valence-electron chi connectivity index (χ2n) is 17.7. The van der Waals surface area contributed by atoms with Crippen molar-refractivity contribution in [3.63, 3.8) is 0 Å². The first kappa shape index (κ1) is 34.6. The molecule has 0 fully saturated rings. The van der Waals surface area contributed by atoms with E-state index >= 15 is 0 Å². The van der Waals surface area contributed by atoms with Gasteiger partial charge in [0.2, 0.25) is 0 Å². The van der Waals surface area contributed by atoms with Crippen molar-refractivity contribution < 1.29 is 4.42 Å². The molecule has 0 saturated heterocycles. The van der Waals surface area contributed by atoms with Gasteiger partial charge in [-0.05, 0) is 115 Å². The molecule has 58 heavy (non-hydrogen) atoms. The van der Waals surface area contributed by atoms with Crippen molar-refractivity contribution in [2.45, 2.75) is 50.9 Å². The summed E-state index contributed by atoms with van der Waals surface area (Å²) in [6.07, 6.45) is 0. The second-order valence-corrected chi connectivity index (χ2v) is 17.7. The first-order valence-corrected chi connectivity index (χ1v) is 20.5. The van der Waals surface area contributed by atoms with Crippen LogP contribution in [-0.4, -0.2) is 0 Å². The van der Waals surface area contributed by atoms with Gasteiger partial charge in [-0.15, -0.1) is 0 Å². The molecule has 0 radical (unpaired) electrons. The predicted molar refractivity (Wildman–Crippen MR) is 242 cm³/mol. The molecule has 0 saturated carbocycles. The largest absolute Gasteiger partial charge is 0.456 e. The molecule has 0 spiro atoms. The van der Waals surface area contributed by atoms with E-state index in [1.807, 2.05) is 0 Å². The third kappa shape index (κ3) is 4.84. The summed E-state index contributed by atoms with van der Waals surface area (Å²) in [4.78, 5) is 2.48. The van der Waals surface area contributed by atoms with Gasteiger partial charge < -0.3 is 9.32 Å². The van der Waals surface area contributed by atoms with Crippen molar-refractivity contribution in [1.82, 2.24) is 0 Å². The molecule has 1 aromatic heterocycles. The topological polar surface area (TPSA) is 16.4 Å². The van der Waals surface area contributed by atoms with Crippen LogP contribution in [0.5, 0.6) is 0 Å². The lowest BCUT2D eigenvalue weighted by Gasteiger charge is -2.35. The molecule has 0 unspecified atom stereocenters. The minimum Gasteiger partial charge on any atom is -0.456 e. The number of hydrogen-bond acceptors (Lipinski definition) is 2. The maximum Gasteiger partial charge on any atom is 0.137 e. The lowest BCUT2D eigenvalue weighted by atomic mass is 9.67. The molecule has 1 heterocycles. The molecule has 8 aromatic carbocycles. The molecule has 11 rings (SSSR count). The number of nitrogens with zero attached hydrogens (tertiary/aromatic N) is 1. The molecule has 0 atom stereocenters. The Bertz CT molecular complexity index is 3040. The molecule has 2 heteroatoms. The number of hydrogen-bond donors (Lipinski definition) is 0. The third-order valence-corrected chi connectivity index (χ3v) is 13.1. The monoisotopic (exact) mass is 747 g/mol. The molecule has 0 bridgehead atoms. The quantitative estimate of drug-likeness (QED) is 0.174. The summed E-state index contributed by atoms with van der Waals surface area (Å²) in [6.45, 7) is 11.6. The fourth-order valence-corrected chi connectivity index (χ4v) is 10.3. The van der Waals surface area contributed by atoms with Crippen LogP contribution in [0.15, 0.2) is 186 Å². The van der Waals surface area contributed by atoms with Gasteiger partial charge in [0.25, 0.3) is 0 Å². The Hall–Kier alpha value is -6.64. The zero-order valence-corrected chi connectivity index (χ0v) is 33.7. The summed E-state index contributed by atoms with van der Waals surface area (Å²) >= 11 is 0. The van der Waals surface area contributed by atoms with Crippen LogP contribution in [-0.2, 0) is 16.2 Å². The summed E-state index contributed by atoms with van der Waals surface area (Å²) < 4.78 is 6.66. The maximum absolute atomic E-state index is 6.66. The van der Waals surface area contributed by atoms with Crippen molar-refractivity contribution in [1.29, 1.82) is 0 Å². The Morgan fingerprint density at radius 2 is 1.03 bits per heavy atom. The molecular weight excluding hydrogens is 703 g/mol. The van der Waals surface area contributed by atoms with Crippen LogP contribution in [0.4, 0.5) is 17.1 Å². The van der Waals surface area contributed by atoms with Crippen molar-refractivity contribution in [3.05, 3.63) is 221 Å². The molecule has 0 N–H and O–H groups in total. The van der Waals surface area contributed by atoms with Gasteiger partial charge in [-0.1, -0.05) is 168 Å². The van der Waals surface area contributed by atoms with Crippen molar-refractivity contribution in [3.8, 4) is 22.3 Å². The average molecular weight is 748 g/mol. The average Bonchev–Trinajstić information content (AvgIpc) is 3.85. The van der Waals surface area contributed by atoms with Gasteiger partial charge >= 0.3 is 0 Å². The number of rotatable bonds is 5. The Labute approximate surface area is 341 Å². The number of furan rings is 1. The first-order chi connectivity index (χ1) is 28.2. The van der Waals surface area contributed by atoms with Gasteiger partial charge in [-0.25, -0.2) is 0 Å². The van der Waals surface area contributed by atoms with E-state index in [-0.39, 0.29) is 10.8 Å². The Morgan fingerprint density at radius 3 is 1.74 bits per heavy atom. The number of anilines is 3. The predicted octanol–water partition coefficient (Wildman–Crippen LogP) is 15.0. The van der Waals surface area contributed by atoms with E-state index in [1.54, 1.807) is 0 Å². The zero-order valence-electron chi connectivity index (χ0n) is 33.7. The third-order valence-electron chi connectivity index (χ3n) is 13.1. The van der Waals surface area contributed by atoms with Crippen LogP contribution in [0, 0.1) is 0 Å². The minimum absolute atomic E-state index is 0.0130. The van der Waals surface area contributed by atoms with E-state index in [4.69, 9.17) is 4.42 Å². The molecule has 2 nitrogen and oxygen atoms in total. The van der Waals surface area contributed by atoms with Gasteiger partial charge in [-0.3, -0.25) is 0 Å². The van der Waals surface area contributed by atoms with Gasteiger partial charge in [0.1, 0.15) is 11.2 Å². The zero-order chi connectivity index (χ0) is 39.4. The SMILES string of the molecule is CC(C)(C)c1ccc2oc3cccc(N(c4cccc(C5(c6ccccc6)c6ccccc6-c6ccccc65)c4)c4ccc5c(c4)C(C)(C)c4ccccc4-5)c3c2c1. The first-order valence-electron chi connectivity index (χ1n) is 20.5. The summed E-state index contributed by atoms with van der Waals surface area (Å²) in [6, 6.07) is 67.6. The van der Waals surface area contributed by atoms with Crippen molar-refractivity contribution >= 4 is 39.0 Å². The number of fused-ring (bicyclic) bond motifs is 9. The Kier molecular flexibility index (Phi) is 7.41. The van der Waals surface area contributed by atoms with Crippen LogP contribution in [0.3, 0.4) is 0 Å². The second kappa shape index (κ2) is 12.4. The molecule has 280 valence electrons. The van der Waals surface area contributed by atoms with E-state index in [0.29, 0.717) is 0 Å². The van der Waals surface area contributed by atoms with Gasteiger partial charge in [-0.2, -0.15) is 0 Å². The van der Waals surface area contributed by atoms with Gasteiger partial charge in [0, 0.05) is 22.2 Å². The lowest BCUT2D eigenvalue weighted by molar-refractivity contribution is 0.590. The van der Waals surface area contributed by atoms with Crippen LogP contribution in [0.25, 0.3) is 44.2 Å². The summed E-state index contributed by atoms with van der Waals surface area (Å²) in [5.41, 5.74) is 18.7. The molecule has 2 aliphatic carbocycles. The van der Waals surface area contributed by atoms with Crippen molar-refractivity contribution in [2.24, 2.45) is 0 Å². The maximum atomic E-state index is 6.66. The van der Waals surface area contributed by atoms with Gasteiger partial charge in [0.05, 0.1) is 16.5 Å². The van der Waals surface area contributed by atoms with E-state index in [2.05, 4.69) is 222 Å². The van der Waals surface area contributed by atoms with Crippen molar-refractivity contribution in [2.75, 3.05) is 4.90 Å². The highest BCUT2D eigenvalue weighted by Crippen LogP contribution is 2.57. The van der Waals surface area contributed by atoms with Crippen LogP contribution in [0.2, 0.25) is 0 Å². The Balaban J connectivity index is 1.21. The Morgan fingerprint density at radius 1 is 0.448 bits per heavy atom. The molecule has 0 amide bonds. The summed E-state index contributed by atoms with van der Waals surface area (Å²) in [5.74, 6) is 0. The van der Waals surface area contributed by atoms with Crippen LogP contribution < -0.4 is 4.90 Å². The van der Waals surface area contributed by atoms with E-state index in [1.165, 1.54) is 61.2 Å². The fraction of sp³-hybridized carbons (Fsp3) is 0.143. The lowest BCUT2D eigenvalue weighted by Crippen LogP contribution is -2.28. The summed E-state index contributed by atoms with van der Waals surface area (Å²) in [7, 11) is 0. The molecular formula is C56H45NO. The molecule has 2 aliphatic rings. The highest BCUT2D eigenvalue weighted by Gasteiger charge is 2.46. The standard InChI is InChI=1S/C56H45NO/c1-54(2,3)37-29-32-51-45(34-37)53-50(27-16-28-52(53)58-51)57(40-30-31-44-41-21-9-12-24-46(41)55(4,5)49(44)35-40)39-20-15-19-38(33-39)56(36-17-7-6-8-18-36)47-25-13-10-22-42(47)43-23-11-14-26-48(43)56/h6-35H,1-5H3. The highest BCUT2D eigenvalue weighted by molar-refractivity contribution is 6.13. The van der Waals surface area contributed by atoms with E-state index in [9.17, 15) is 0 Å². The number of benzene rings is 8. The fourth-order valence-electron chi connectivity index (χ4n) is 10.3. The van der Waals surface area contributed by atoms with Crippen LogP contribution in [0.1, 0.15) is 73.6 Å². The molecule has 0 aliphatic heterocycles. The minimum atomic E-state index is -0.520. The van der Waals surface area contributed by atoms with Gasteiger partial charge in [0.15, 0.2) is 0 Å². The highest BCUT2D eigenvalue weighted by atomic mass is 16.3. The summed E-state index contributed by atoms with van der Waals surface area (Å²) in [5, 5.41) is 2.25. The van der Waals surface area contributed by atoms with E-state index < -0.39 is 5.41 Å².